The first-order chi connectivity index (χ1) is 36.7. The van der Waals surface area contributed by atoms with Gasteiger partial charge in [0.25, 0.3) is 0 Å². The SMILES string of the molecule is N[C@@H]1[C@@H](O)[C@H]2O[C@H]3[C@H](O)[C@@H](O)[C@@H](O[C@H]4[C@H](O)[C@@H](O)[C@@H](O[C@H]5[C@@H](O)[C@H](O)[C@@H](O[C@H]6[C@@H](N)[C@H](O)[C@@H](O[C@H]7[C@H](O)[C@@H](O)[C@@H](O[C@H]8[C@H](O)[C@@H](O)[C@@H](O[C@@H]1[C@H](CO)O2)O[C@@H]8CO)O[C@@H]7CO)O[C@@H]6CO)O[C@@H]5CO)O[C@@H]4CO)O[C@H]3CO. The van der Waals surface area contributed by atoms with Crippen LogP contribution in [-0.2, 0) is 66.3 Å². The number of aliphatic hydroxyl groups excluding tert-OH is 19. The highest BCUT2D eigenvalue weighted by Crippen LogP contribution is 2.38. The van der Waals surface area contributed by atoms with E-state index in [9.17, 15) is 97.0 Å². The molecule has 0 aliphatic carbocycles. The maximum absolute atomic E-state index is 11.4. The minimum atomic E-state index is -2.18. The monoisotopic (exact) mass is 1130 g/mol. The molecule has 0 saturated carbocycles. The first kappa shape index (κ1) is 61.7. The van der Waals surface area contributed by atoms with Crippen molar-refractivity contribution in [1.82, 2.24) is 0 Å². The molecule has 14 bridgehead atoms. The van der Waals surface area contributed by atoms with Gasteiger partial charge in [-0.1, -0.05) is 0 Å². The number of hydrogen-bond acceptors (Lipinski definition) is 35. The smallest absolute Gasteiger partial charge is 0.187 e. The molecular weight excluding hydrogens is 1060 g/mol. The molecule has 35 atom stereocenters. The van der Waals surface area contributed by atoms with Gasteiger partial charge in [-0.25, -0.2) is 0 Å². The summed E-state index contributed by atoms with van der Waals surface area (Å²) in [5.74, 6) is 0. The Hall–Kier alpha value is -1.40. The van der Waals surface area contributed by atoms with Gasteiger partial charge in [0.1, 0.15) is 159 Å². The Balaban J connectivity index is 1.08. The lowest BCUT2D eigenvalue weighted by Crippen LogP contribution is -2.69. The third kappa shape index (κ3) is 12.1. The van der Waals surface area contributed by atoms with E-state index >= 15 is 0 Å². The molecule has 448 valence electrons. The molecule has 35 heteroatoms. The molecule has 0 aromatic rings. The van der Waals surface area contributed by atoms with Gasteiger partial charge in [-0.05, 0) is 0 Å². The second kappa shape index (κ2) is 26.0. The van der Waals surface area contributed by atoms with Crippen LogP contribution < -0.4 is 11.5 Å². The number of rotatable bonds is 7. The molecule has 0 radical (unpaired) electrons. The van der Waals surface area contributed by atoms with Crippen LogP contribution in [0.5, 0.6) is 0 Å². The van der Waals surface area contributed by atoms with E-state index in [0.29, 0.717) is 0 Å². The van der Waals surface area contributed by atoms with E-state index in [2.05, 4.69) is 0 Å². The van der Waals surface area contributed by atoms with Gasteiger partial charge in [-0.3, -0.25) is 0 Å². The number of aliphatic hydroxyl groups is 19. The van der Waals surface area contributed by atoms with Crippen molar-refractivity contribution in [2.75, 3.05) is 46.2 Å². The minimum Gasteiger partial charge on any atom is -0.394 e. The van der Waals surface area contributed by atoms with Crippen LogP contribution >= 0.6 is 0 Å². The summed E-state index contributed by atoms with van der Waals surface area (Å²) in [6.45, 7) is -6.97. The van der Waals surface area contributed by atoms with Gasteiger partial charge >= 0.3 is 0 Å². The second-order valence-corrected chi connectivity index (χ2v) is 19.8. The van der Waals surface area contributed by atoms with Gasteiger partial charge in [0.05, 0.1) is 58.3 Å². The Bertz CT molecular complexity index is 1480. The molecule has 35 nitrogen and oxygen atoms in total. The Morgan fingerprint density at radius 2 is 0.338 bits per heavy atom. The quantitative estimate of drug-likeness (QED) is 0.113. The highest BCUT2D eigenvalue weighted by molar-refractivity contribution is 5.02. The van der Waals surface area contributed by atoms with Crippen molar-refractivity contribution in [2.45, 2.75) is 215 Å². The molecule has 21 rings (SSSR count). The molecule has 21 aliphatic rings. The standard InChI is InChI=1S/C42H72N2O33/c43-15-17(52)36-64-9(2-46)30(15)72-39-25(60)20(55)34(13(6-50)67-39)76-42-28(63)23(58)35(14(7-51)70-42)77-41-27(62)22(57)32(11(4-48)69-41)74-37-18(53)16(44)29(8(1-45)65-37)71-38-24(59)19(54)33(12(5-49)66-38)75-40-26(61)21(56)31(73-36)10(3-47)68-40/h8-42,45-63H,1-7,43-44H2/t8-,9+,10+,11-,12+,13+,14+,15-,16+,17-,18+,19+,20-,21+,22+,23+,24+,25-,26+,27+,28+,29+,30+,31+,32+,33+,34+,35+,36+,37+,38+,39+,40+,41+,42+/m0/s1. The van der Waals surface area contributed by atoms with Gasteiger partial charge < -0.3 is 175 Å². The average Bonchev–Trinajstić information content (AvgIpc) is 3.45. The van der Waals surface area contributed by atoms with Crippen LogP contribution in [0.15, 0.2) is 0 Å². The van der Waals surface area contributed by atoms with Crippen molar-refractivity contribution in [3.8, 4) is 0 Å². The van der Waals surface area contributed by atoms with Crippen molar-refractivity contribution in [2.24, 2.45) is 11.5 Å². The fourth-order valence-electron chi connectivity index (χ4n) is 10.5. The first-order valence-corrected chi connectivity index (χ1v) is 24.8. The minimum absolute atomic E-state index is 0.961. The van der Waals surface area contributed by atoms with E-state index in [4.69, 9.17) is 77.8 Å². The highest BCUT2D eigenvalue weighted by atomic mass is 16.8. The Morgan fingerprint density at radius 1 is 0.195 bits per heavy atom. The van der Waals surface area contributed by atoms with Crippen LogP contribution in [0.4, 0.5) is 0 Å². The highest BCUT2D eigenvalue weighted by Gasteiger charge is 2.59. The molecule has 77 heavy (non-hydrogen) atoms. The largest absolute Gasteiger partial charge is 0.394 e. The van der Waals surface area contributed by atoms with Crippen molar-refractivity contribution < 1.29 is 163 Å². The third-order valence-corrected chi connectivity index (χ3v) is 15.0. The zero-order valence-electron chi connectivity index (χ0n) is 40.5. The third-order valence-electron chi connectivity index (χ3n) is 15.0. The summed E-state index contributed by atoms with van der Waals surface area (Å²) >= 11 is 0. The van der Waals surface area contributed by atoms with Gasteiger partial charge in [0.15, 0.2) is 44.0 Å². The predicted molar refractivity (Wildman–Crippen MR) is 232 cm³/mol. The van der Waals surface area contributed by atoms with Crippen molar-refractivity contribution in [1.29, 1.82) is 0 Å². The molecule has 0 aromatic heterocycles. The Labute approximate surface area is 435 Å². The number of nitrogens with two attached hydrogens (primary N) is 2. The van der Waals surface area contributed by atoms with Gasteiger partial charge in [-0.2, -0.15) is 0 Å². The average molecular weight is 1130 g/mol. The lowest BCUT2D eigenvalue weighted by atomic mass is 9.94. The Kier molecular flexibility index (Phi) is 20.8. The molecular formula is C42H72N2O33. The lowest BCUT2D eigenvalue weighted by Gasteiger charge is -2.50. The van der Waals surface area contributed by atoms with Crippen molar-refractivity contribution in [3.63, 3.8) is 0 Å². The molecule has 21 heterocycles. The van der Waals surface area contributed by atoms with Crippen molar-refractivity contribution >= 4 is 0 Å². The molecule has 0 unspecified atom stereocenters. The van der Waals surface area contributed by atoms with Gasteiger partial charge in [0, 0.05) is 0 Å². The molecule has 0 aromatic carbocycles. The van der Waals surface area contributed by atoms with Crippen LogP contribution in [0, 0.1) is 0 Å². The van der Waals surface area contributed by atoms with E-state index in [1.165, 1.54) is 0 Å². The molecule has 21 fully saturated rings. The summed E-state index contributed by atoms with van der Waals surface area (Å²) in [6, 6.07) is -3.32. The summed E-state index contributed by atoms with van der Waals surface area (Å²) in [5, 5.41) is 209. The topological polar surface area (TPSA) is 566 Å². The number of hydrogen-bond donors (Lipinski definition) is 21. The maximum Gasteiger partial charge on any atom is 0.187 e. The van der Waals surface area contributed by atoms with Gasteiger partial charge in [0.2, 0.25) is 0 Å². The Morgan fingerprint density at radius 3 is 0.506 bits per heavy atom. The van der Waals surface area contributed by atoms with Crippen LogP contribution in [-0.4, -0.2) is 358 Å². The van der Waals surface area contributed by atoms with E-state index in [0.717, 1.165) is 0 Å². The number of ether oxygens (including phenoxy) is 14. The van der Waals surface area contributed by atoms with Crippen LogP contribution in [0.1, 0.15) is 0 Å². The maximum atomic E-state index is 11.4. The first-order valence-electron chi connectivity index (χ1n) is 24.8. The molecule has 23 N–H and O–H groups in total. The lowest BCUT2D eigenvalue weighted by molar-refractivity contribution is -0.392. The van der Waals surface area contributed by atoms with Crippen LogP contribution in [0.25, 0.3) is 0 Å². The normalized spacial score (nSPS) is 55.4. The van der Waals surface area contributed by atoms with Crippen LogP contribution in [0.3, 0.4) is 0 Å². The molecule has 0 amide bonds. The predicted octanol–water partition coefficient (Wildman–Crippen LogP) is -15.3. The molecule has 21 aliphatic heterocycles. The van der Waals surface area contributed by atoms with Crippen molar-refractivity contribution in [3.05, 3.63) is 0 Å². The zero-order valence-corrected chi connectivity index (χ0v) is 40.5. The molecule has 0 spiro atoms. The zero-order chi connectivity index (χ0) is 56.1. The van der Waals surface area contributed by atoms with Gasteiger partial charge in [-0.15, -0.1) is 0 Å². The van der Waals surface area contributed by atoms with E-state index < -0.39 is 261 Å². The summed E-state index contributed by atoms with van der Waals surface area (Å²) < 4.78 is 80.4. The fraction of sp³-hybridized carbons (Fsp3) is 1.00. The van der Waals surface area contributed by atoms with Crippen LogP contribution in [0.2, 0.25) is 0 Å². The fourth-order valence-corrected chi connectivity index (χ4v) is 10.5. The molecule has 21 saturated heterocycles. The van der Waals surface area contributed by atoms with E-state index in [1.807, 2.05) is 0 Å². The summed E-state index contributed by atoms with van der Waals surface area (Å²) in [5.41, 5.74) is 12.7. The second-order valence-electron chi connectivity index (χ2n) is 19.8. The summed E-state index contributed by atoms with van der Waals surface area (Å²) in [4.78, 5) is 0. The van der Waals surface area contributed by atoms with E-state index in [1.54, 1.807) is 0 Å². The summed E-state index contributed by atoms with van der Waals surface area (Å²) in [7, 11) is 0. The van der Waals surface area contributed by atoms with E-state index in [-0.39, 0.29) is 0 Å². The summed E-state index contributed by atoms with van der Waals surface area (Å²) in [6.07, 6.45) is -63.2.